The van der Waals surface area contributed by atoms with Gasteiger partial charge < -0.3 is 21.1 Å². The SMILES string of the molecule is CNC(=O)CNC(=O)COC(=O)c1nc(Cl)c(Cl)c(N)c1Cl. The molecule has 1 aromatic heterocycles. The number of halogens is 3. The maximum Gasteiger partial charge on any atom is 0.359 e. The van der Waals surface area contributed by atoms with E-state index in [9.17, 15) is 14.4 Å². The minimum Gasteiger partial charge on any atom is -0.451 e. The number of hydrogen-bond donors (Lipinski definition) is 3. The summed E-state index contributed by atoms with van der Waals surface area (Å²) in [5, 5.41) is 3.99. The van der Waals surface area contributed by atoms with Gasteiger partial charge in [0.15, 0.2) is 17.5 Å². The highest BCUT2D eigenvalue weighted by Gasteiger charge is 2.21. The van der Waals surface area contributed by atoms with Gasteiger partial charge in [0.1, 0.15) is 5.02 Å². The van der Waals surface area contributed by atoms with Crippen molar-refractivity contribution in [3.8, 4) is 0 Å². The van der Waals surface area contributed by atoms with E-state index in [1.807, 2.05) is 0 Å². The lowest BCUT2D eigenvalue weighted by Gasteiger charge is -2.09. The molecule has 0 unspecified atom stereocenters. The van der Waals surface area contributed by atoms with Crippen molar-refractivity contribution in [2.24, 2.45) is 0 Å². The van der Waals surface area contributed by atoms with Crippen LogP contribution in [0.5, 0.6) is 0 Å². The van der Waals surface area contributed by atoms with Crippen LogP contribution in [0.2, 0.25) is 15.2 Å². The van der Waals surface area contributed by atoms with Crippen LogP contribution in [0.25, 0.3) is 0 Å². The lowest BCUT2D eigenvalue weighted by molar-refractivity contribution is -0.127. The highest BCUT2D eigenvalue weighted by Crippen LogP contribution is 2.34. The number of ether oxygens (including phenoxy) is 1. The fourth-order valence-corrected chi connectivity index (χ4v) is 1.77. The summed E-state index contributed by atoms with van der Waals surface area (Å²) in [5.41, 5.74) is 5.06. The van der Waals surface area contributed by atoms with Crippen LogP contribution in [0, 0.1) is 0 Å². The van der Waals surface area contributed by atoms with Crippen molar-refractivity contribution in [1.29, 1.82) is 0 Å². The molecule has 0 aliphatic heterocycles. The van der Waals surface area contributed by atoms with Gasteiger partial charge in [-0.05, 0) is 0 Å². The zero-order valence-corrected chi connectivity index (χ0v) is 13.5. The number of carbonyl (C=O) groups is 3. The number of carbonyl (C=O) groups excluding carboxylic acids is 3. The Morgan fingerprint density at radius 2 is 1.82 bits per heavy atom. The first-order valence-corrected chi connectivity index (χ1v) is 6.85. The molecule has 0 saturated heterocycles. The van der Waals surface area contributed by atoms with Gasteiger partial charge in [-0.3, -0.25) is 9.59 Å². The van der Waals surface area contributed by atoms with Crippen molar-refractivity contribution in [3.05, 3.63) is 20.9 Å². The molecule has 11 heteroatoms. The molecule has 0 aliphatic rings. The molecule has 8 nitrogen and oxygen atoms in total. The second-order valence-electron chi connectivity index (χ2n) is 3.82. The van der Waals surface area contributed by atoms with Crippen molar-refractivity contribution >= 4 is 58.3 Å². The van der Waals surface area contributed by atoms with Crippen LogP contribution in [0.1, 0.15) is 10.5 Å². The second kappa shape index (κ2) is 8.02. The van der Waals surface area contributed by atoms with Gasteiger partial charge in [0, 0.05) is 7.05 Å². The maximum absolute atomic E-state index is 11.8. The Labute approximate surface area is 140 Å². The molecule has 1 rings (SSSR count). The summed E-state index contributed by atoms with van der Waals surface area (Å²) in [6.45, 7) is -0.875. The van der Waals surface area contributed by atoms with E-state index in [1.165, 1.54) is 7.05 Å². The monoisotopic (exact) mass is 368 g/mol. The first kappa shape index (κ1) is 18.3. The Kier molecular flexibility index (Phi) is 6.66. The van der Waals surface area contributed by atoms with Crippen LogP contribution >= 0.6 is 34.8 Å². The molecule has 0 saturated carbocycles. The number of pyridine rings is 1. The Morgan fingerprint density at radius 1 is 1.18 bits per heavy atom. The minimum absolute atomic E-state index is 0.0912. The number of nitrogens with one attached hydrogen (secondary N) is 2. The van der Waals surface area contributed by atoms with Gasteiger partial charge >= 0.3 is 5.97 Å². The number of likely N-dealkylation sites (N-methyl/N-ethyl adjacent to an activating group) is 1. The van der Waals surface area contributed by atoms with E-state index < -0.39 is 24.4 Å². The molecular weight excluding hydrogens is 359 g/mol. The normalized spacial score (nSPS) is 10.0. The van der Waals surface area contributed by atoms with Gasteiger partial charge in [0.25, 0.3) is 5.91 Å². The third-order valence-electron chi connectivity index (χ3n) is 2.32. The Balaban J connectivity index is 2.67. The summed E-state index contributed by atoms with van der Waals surface area (Å²) < 4.78 is 4.70. The molecule has 2 amide bonds. The number of nitrogens with two attached hydrogens (primary N) is 1. The van der Waals surface area contributed by atoms with Crippen molar-refractivity contribution in [2.45, 2.75) is 0 Å². The third-order valence-corrected chi connectivity index (χ3v) is 3.46. The average molecular weight is 370 g/mol. The molecule has 0 spiro atoms. The van der Waals surface area contributed by atoms with Gasteiger partial charge in [-0.1, -0.05) is 34.8 Å². The minimum atomic E-state index is -1.01. The summed E-state index contributed by atoms with van der Waals surface area (Å²) in [7, 11) is 1.41. The molecule has 1 heterocycles. The number of aromatic nitrogens is 1. The standard InChI is InChI=1S/C11H11Cl3N4O4/c1-16-4(19)2-17-5(20)3-22-11(21)9-6(12)8(15)7(13)10(14)18-9/h2-3H2,1H3,(H2,15,18)(H,16,19)(H,17,20). The third kappa shape index (κ3) is 4.62. The van der Waals surface area contributed by atoms with E-state index in [0.29, 0.717) is 0 Å². The van der Waals surface area contributed by atoms with Crippen LogP contribution in [0.4, 0.5) is 5.69 Å². The fourth-order valence-electron chi connectivity index (χ4n) is 1.18. The number of nitrogens with zero attached hydrogens (tertiary/aromatic N) is 1. The van der Waals surface area contributed by atoms with Crippen molar-refractivity contribution in [2.75, 3.05) is 25.9 Å². The van der Waals surface area contributed by atoms with Crippen molar-refractivity contribution in [3.63, 3.8) is 0 Å². The highest BCUT2D eigenvalue weighted by molar-refractivity contribution is 6.46. The summed E-state index contributed by atoms with van der Waals surface area (Å²) in [4.78, 5) is 37.7. The maximum atomic E-state index is 11.8. The molecule has 0 aromatic carbocycles. The summed E-state index contributed by atoms with van der Waals surface area (Å²) >= 11 is 17.2. The predicted molar refractivity (Wildman–Crippen MR) is 81.0 cm³/mol. The molecule has 22 heavy (non-hydrogen) atoms. The topological polar surface area (TPSA) is 123 Å². The van der Waals surface area contributed by atoms with Gasteiger partial charge in [0.05, 0.1) is 17.3 Å². The van der Waals surface area contributed by atoms with Gasteiger partial charge in [-0.25, -0.2) is 9.78 Å². The number of nitrogen functional groups attached to an aromatic ring is 1. The zero-order chi connectivity index (χ0) is 16.9. The van der Waals surface area contributed by atoms with E-state index in [2.05, 4.69) is 15.6 Å². The first-order valence-electron chi connectivity index (χ1n) is 5.72. The molecular formula is C11H11Cl3N4O4. The zero-order valence-electron chi connectivity index (χ0n) is 11.2. The lowest BCUT2D eigenvalue weighted by Crippen LogP contribution is -2.37. The van der Waals surface area contributed by atoms with E-state index in [-0.39, 0.29) is 33.1 Å². The molecule has 0 bridgehead atoms. The molecule has 0 atom stereocenters. The van der Waals surface area contributed by atoms with E-state index in [4.69, 9.17) is 45.3 Å². The molecule has 120 valence electrons. The molecule has 0 radical (unpaired) electrons. The summed E-state index contributed by atoms with van der Waals surface area (Å²) in [6.07, 6.45) is 0. The van der Waals surface area contributed by atoms with Gasteiger partial charge in [0.2, 0.25) is 5.91 Å². The molecule has 0 aliphatic carbocycles. The van der Waals surface area contributed by atoms with Gasteiger partial charge in [-0.15, -0.1) is 0 Å². The summed E-state index contributed by atoms with van der Waals surface area (Å²) in [6, 6.07) is 0. The van der Waals surface area contributed by atoms with Crippen LogP contribution in [0.3, 0.4) is 0 Å². The predicted octanol–water partition coefficient (Wildman–Crippen LogP) is 0.643. The van der Waals surface area contributed by atoms with Crippen LogP contribution in [0.15, 0.2) is 0 Å². The molecule has 1 aromatic rings. The average Bonchev–Trinajstić information content (AvgIpc) is 2.51. The number of rotatable bonds is 5. The largest absolute Gasteiger partial charge is 0.451 e. The first-order chi connectivity index (χ1) is 10.3. The smallest absolute Gasteiger partial charge is 0.359 e. The molecule has 0 fully saturated rings. The second-order valence-corrected chi connectivity index (χ2v) is 4.93. The van der Waals surface area contributed by atoms with E-state index in [0.717, 1.165) is 0 Å². The van der Waals surface area contributed by atoms with Crippen molar-refractivity contribution in [1.82, 2.24) is 15.6 Å². The Hall–Kier alpha value is -1.77. The number of amides is 2. The number of hydrogen-bond acceptors (Lipinski definition) is 6. The quantitative estimate of drug-likeness (QED) is 0.517. The number of esters is 1. The highest BCUT2D eigenvalue weighted by atomic mass is 35.5. The van der Waals surface area contributed by atoms with Crippen LogP contribution in [-0.4, -0.2) is 43.0 Å². The fraction of sp³-hybridized carbons (Fsp3) is 0.273. The van der Waals surface area contributed by atoms with Crippen LogP contribution in [-0.2, 0) is 14.3 Å². The Morgan fingerprint density at radius 3 is 2.41 bits per heavy atom. The summed E-state index contributed by atoms with van der Waals surface area (Å²) in [5.74, 6) is -2.09. The van der Waals surface area contributed by atoms with Gasteiger partial charge in [-0.2, -0.15) is 0 Å². The van der Waals surface area contributed by atoms with Crippen molar-refractivity contribution < 1.29 is 19.1 Å². The Bertz CT molecular complexity index is 624. The number of anilines is 1. The van der Waals surface area contributed by atoms with Crippen LogP contribution < -0.4 is 16.4 Å². The lowest BCUT2D eigenvalue weighted by atomic mass is 10.3. The van der Waals surface area contributed by atoms with E-state index in [1.54, 1.807) is 0 Å². The van der Waals surface area contributed by atoms with E-state index >= 15 is 0 Å². The molecule has 4 N–H and O–H groups in total.